The van der Waals surface area contributed by atoms with E-state index in [1.165, 1.54) is 12.1 Å². The van der Waals surface area contributed by atoms with Crippen molar-refractivity contribution < 1.29 is 0 Å². The Hall–Kier alpha value is -0.660. The van der Waals surface area contributed by atoms with Gasteiger partial charge in [0.25, 0.3) is 0 Å². The van der Waals surface area contributed by atoms with Crippen LogP contribution in [0.5, 0.6) is 0 Å². The van der Waals surface area contributed by atoms with E-state index in [1.54, 1.807) is 0 Å². The molecule has 0 aromatic rings. The van der Waals surface area contributed by atoms with Gasteiger partial charge in [-0.1, -0.05) is 34.6 Å². The van der Waals surface area contributed by atoms with Gasteiger partial charge in [-0.15, -0.1) is 0 Å². The van der Waals surface area contributed by atoms with Gasteiger partial charge in [-0.3, -0.25) is 4.99 Å². The van der Waals surface area contributed by atoms with Crippen LogP contribution >= 0.6 is 0 Å². The van der Waals surface area contributed by atoms with Crippen LogP contribution in [0.25, 0.3) is 0 Å². The van der Waals surface area contributed by atoms with Crippen molar-refractivity contribution >= 4 is 11.5 Å². The fourth-order valence-electron chi connectivity index (χ4n) is 1.37. The minimum atomic E-state index is 0.406. The third-order valence-corrected chi connectivity index (χ3v) is 2.38. The molecule has 0 fully saturated rings. The summed E-state index contributed by atoms with van der Waals surface area (Å²) < 4.78 is 0. The van der Waals surface area contributed by atoms with Crippen molar-refractivity contribution in [1.82, 2.24) is 0 Å². The van der Waals surface area contributed by atoms with E-state index in [4.69, 9.17) is 0 Å². The zero-order valence-corrected chi connectivity index (χ0v) is 10.1. The molecule has 1 heterocycles. The second kappa shape index (κ2) is 4.24. The Labute approximate surface area is 87.5 Å². The summed E-state index contributed by atoms with van der Waals surface area (Å²) in [5, 5.41) is 0. The largest absolute Gasteiger partial charge is 0.264 e. The summed E-state index contributed by atoms with van der Waals surface area (Å²) in [5.41, 5.74) is 1.67. The summed E-state index contributed by atoms with van der Waals surface area (Å²) in [7, 11) is 0. The predicted octanol–water partition coefficient (Wildman–Crippen LogP) is 3.32. The number of nitrogens with zero attached hydrogens (tertiary/aromatic N) is 2. The van der Waals surface area contributed by atoms with Crippen molar-refractivity contribution in [3.63, 3.8) is 0 Å². The maximum atomic E-state index is 4.56. The van der Waals surface area contributed by atoms with Crippen molar-refractivity contribution in [3.8, 4) is 0 Å². The minimum Gasteiger partial charge on any atom is -0.264 e. The van der Waals surface area contributed by atoms with E-state index in [2.05, 4.69) is 44.6 Å². The Morgan fingerprint density at radius 3 is 2.36 bits per heavy atom. The van der Waals surface area contributed by atoms with Gasteiger partial charge in [-0.2, -0.15) is 0 Å². The number of rotatable bonds is 3. The van der Waals surface area contributed by atoms with Gasteiger partial charge < -0.3 is 0 Å². The van der Waals surface area contributed by atoms with E-state index in [-0.39, 0.29) is 0 Å². The molecule has 0 saturated heterocycles. The second-order valence-electron chi connectivity index (χ2n) is 5.57. The van der Waals surface area contributed by atoms with Crippen LogP contribution in [0.15, 0.2) is 9.98 Å². The van der Waals surface area contributed by atoms with Gasteiger partial charge in [0.2, 0.25) is 0 Å². The Bertz CT molecular complexity index is 254. The van der Waals surface area contributed by atoms with Gasteiger partial charge in [0.1, 0.15) is 5.84 Å². The highest BCUT2D eigenvalue weighted by atomic mass is 15.0. The van der Waals surface area contributed by atoms with Gasteiger partial charge in [0.05, 0.1) is 6.54 Å². The summed E-state index contributed by atoms with van der Waals surface area (Å²) in [5.74, 6) is 1.51. The molecule has 0 bridgehead atoms. The first-order valence-electron chi connectivity index (χ1n) is 5.49. The normalized spacial score (nSPS) is 17.3. The standard InChI is InChI=1S/C12H22N2/c1-9(2)11-13-8-10(14-11)6-7-12(3,4)5/h9H,6-8H2,1-5H3. The topological polar surface area (TPSA) is 24.7 Å². The molecule has 0 amide bonds. The molecule has 0 aromatic heterocycles. The maximum absolute atomic E-state index is 4.56. The molecule has 0 unspecified atom stereocenters. The lowest BCUT2D eigenvalue weighted by atomic mass is 9.89. The highest BCUT2D eigenvalue weighted by Crippen LogP contribution is 2.22. The van der Waals surface area contributed by atoms with Crippen LogP contribution in [0, 0.1) is 11.3 Å². The zero-order chi connectivity index (χ0) is 10.8. The molecular weight excluding hydrogens is 172 g/mol. The third kappa shape index (κ3) is 3.60. The van der Waals surface area contributed by atoms with E-state index in [0.717, 1.165) is 18.8 Å². The lowest BCUT2D eigenvalue weighted by molar-refractivity contribution is 0.386. The lowest BCUT2D eigenvalue weighted by Gasteiger charge is -2.17. The molecule has 80 valence electrons. The van der Waals surface area contributed by atoms with Gasteiger partial charge in [0, 0.05) is 11.6 Å². The van der Waals surface area contributed by atoms with E-state index in [1.807, 2.05) is 0 Å². The molecule has 0 aliphatic carbocycles. The summed E-state index contributed by atoms with van der Waals surface area (Å²) in [6.07, 6.45) is 2.30. The zero-order valence-electron chi connectivity index (χ0n) is 10.1. The predicted molar refractivity (Wildman–Crippen MR) is 63.3 cm³/mol. The Morgan fingerprint density at radius 2 is 1.93 bits per heavy atom. The smallest absolute Gasteiger partial charge is 0.126 e. The molecule has 0 radical (unpaired) electrons. The summed E-state index contributed by atoms with van der Waals surface area (Å²) >= 11 is 0. The number of aliphatic imine (C=N–C) groups is 2. The van der Waals surface area contributed by atoms with Gasteiger partial charge in [0.15, 0.2) is 0 Å². The highest BCUT2D eigenvalue weighted by Gasteiger charge is 2.16. The molecule has 1 rings (SSSR count). The van der Waals surface area contributed by atoms with E-state index >= 15 is 0 Å². The van der Waals surface area contributed by atoms with Gasteiger partial charge >= 0.3 is 0 Å². The van der Waals surface area contributed by atoms with Crippen molar-refractivity contribution in [2.24, 2.45) is 21.3 Å². The van der Waals surface area contributed by atoms with Crippen molar-refractivity contribution in [1.29, 1.82) is 0 Å². The number of hydrogen-bond acceptors (Lipinski definition) is 2. The molecule has 14 heavy (non-hydrogen) atoms. The fourth-order valence-corrected chi connectivity index (χ4v) is 1.37. The first-order chi connectivity index (χ1) is 6.38. The molecule has 0 saturated carbocycles. The maximum Gasteiger partial charge on any atom is 0.126 e. The van der Waals surface area contributed by atoms with E-state index in [0.29, 0.717) is 11.3 Å². The third-order valence-electron chi connectivity index (χ3n) is 2.38. The number of amidine groups is 1. The molecule has 1 aliphatic heterocycles. The summed E-state index contributed by atoms with van der Waals surface area (Å²) in [4.78, 5) is 8.99. The van der Waals surface area contributed by atoms with Gasteiger partial charge in [-0.05, 0) is 18.3 Å². The van der Waals surface area contributed by atoms with Crippen LogP contribution in [0.4, 0.5) is 0 Å². The minimum absolute atomic E-state index is 0.406. The first kappa shape index (κ1) is 11.4. The number of hydrogen-bond donors (Lipinski definition) is 0. The van der Waals surface area contributed by atoms with Gasteiger partial charge in [-0.25, -0.2) is 4.99 Å². The first-order valence-corrected chi connectivity index (χ1v) is 5.49. The van der Waals surface area contributed by atoms with Crippen molar-refractivity contribution in [3.05, 3.63) is 0 Å². The van der Waals surface area contributed by atoms with Crippen LogP contribution < -0.4 is 0 Å². The van der Waals surface area contributed by atoms with Crippen LogP contribution in [0.2, 0.25) is 0 Å². The highest BCUT2D eigenvalue weighted by molar-refractivity contribution is 6.04. The van der Waals surface area contributed by atoms with Crippen LogP contribution in [0.3, 0.4) is 0 Å². The summed E-state index contributed by atoms with van der Waals surface area (Å²) in [6, 6.07) is 0. The Morgan fingerprint density at radius 1 is 1.29 bits per heavy atom. The summed E-state index contributed by atoms with van der Waals surface area (Å²) in [6.45, 7) is 11.9. The molecule has 1 aliphatic rings. The van der Waals surface area contributed by atoms with Crippen LogP contribution in [-0.4, -0.2) is 18.1 Å². The molecule has 0 N–H and O–H groups in total. The SMILES string of the molecule is CC(C)C1=NCC(CCC(C)(C)C)=N1. The molecule has 0 spiro atoms. The average molecular weight is 194 g/mol. The van der Waals surface area contributed by atoms with E-state index in [9.17, 15) is 0 Å². The lowest BCUT2D eigenvalue weighted by Crippen LogP contribution is -2.09. The average Bonchev–Trinajstić information content (AvgIpc) is 2.47. The van der Waals surface area contributed by atoms with Crippen molar-refractivity contribution in [2.45, 2.75) is 47.5 Å². The molecule has 2 nitrogen and oxygen atoms in total. The van der Waals surface area contributed by atoms with Crippen LogP contribution in [0.1, 0.15) is 47.5 Å². The Balaban J connectivity index is 2.41. The molecule has 0 aromatic carbocycles. The molecular formula is C12H22N2. The molecule has 0 atom stereocenters. The monoisotopic (exact) mass is 194 g/mol. The fraction of sp³-hybridized carbons (Fsp3) is 0.833. The van der Waals surface area contributed by atoms with Crippen LogP contribution in [-0.2, 0) is 0 Å². The Kier molecular flexibility index (Phi) is 3.46. The second-order valence-corrected chi connectivity index (χ2v) is 5.57. The van der Waals surface area contributed by atoms with E-state index < -0.39 is 0 Å². The molecule has 2 heteroatoms. The van der Waals surface area contributed by atoms with Crippen molar-refractivity contribution in [2.75, 3.05) is 6.54 Å². The quantitative estimate of drug-likeness (QED) is 0.658.